The predicted molar refractivity (Wildman–Crippen MR) is 84.9 cm³/mol. The van der Waals surface area contributed by atoms with Crippen LogP contribution in [0.2, 0.25) is 0 Å². The highest BCUT2D eigenvalue weighted by Gasteiger charge is 2.27. The fraction of sp³-hybridized carbons (Fsp3) is 0.667. The molecule has 2 heterocycles. The molecule has 0 unspecified atom stereocenters. The van der Waals surface area contributed by atoms with Crippen molar-refractivity contribution < 1.29 is 4.79 Å². The largest absolute Gasteiger partial charge is 0.346 e. The zero-order valence-electron chi connectivity index (χ0n) is 13.1. The minimum atomic E-state index is 0. The first-order valence-corrected chi connectivity index (χ1v) is 7.13. The van der Waals surface area contributed by atoms with E-state index in [9.17, 15) is 4.79 Å². The number of hydrogen-bond donors (Lipinski definition) is 1. The Morgan fingerprint density at radius 3 is 2.55 bits per heavy atom. The van der Waals surface area contributed by atoms with E-state index in [0.29, 0.717) is 6.04 Å². The van der Waals surface area contributed by atoms with Crippen molar-refractivity contribution in [1.82, 2.24) is 14.8 Å². The molecule has 0 saturated carbocycles. The molecule has 1 aromatic heterocycles. The number of aryl methyl sites for hydroxylation is 1. The Morgan fingerprint density at radius 2 is 2.05 bits per heavy atom. The number of piperazine rings is 1. The smallest absolute Gasteiger partial charge is 0.256 e. The Balaban J connectivity index is 0.00000200. The van der Waals surface area contributed by atoms with Crippen LogP contribution in [-0.4, -0.2) is 41.1 Å². The summed E-state index contributed by atoms with van der Waals surface area (Å²) in [6.07, 6.45) is 0. The normalized spacial score (nSPS) is 19.1. The van der Waals surface area contributed by atoms with Crippen LogP contribution in [0.3, 0.4) is 0 Å². The highest BCUT2D eigenvalue weighted by molar-refractivity contribution is 5.96. The summed E-state index contributed by atoms with van der Waals surface area (Å²) in [6.45, 7) is 13.1. The van der Waals surface area contributed by atoms with Crippen LogP contribution in [0.5, 0.6) is 0 Å². The molecular formula is C15H26ClN3O. The third kappa shape index (κ3) is 3.01. The monoisotopic (exact) mass is 299 g/mol. The van der Waals surface area contributed by atoms with E-state index in [2.05, 4.69) is 37.6 Å². The van der Waals surface area contributed by atoms with E-state index in [0.717, 1.165) is 30.9 Å². The SMILES string of the molecule is Cc1cc(C(=O)N2CCNC[C@H]2C)c(C)n1C(C)C.Cl. The molecule has 0 bridgehead atoms. The summed E-state index contributed by atoms with van der Waals surface area (Å²) < 4.78 is 2.24. The van der Waals surface area contributed by atoms with Crippen molar-refractivity contribution in [2.45, 2.75) is 46.7 Å². The molecule has 0 radical (unpaired) electrons. The minimum absolute atomic E-state index is 0. The van der Waals surface area contributed by atoms with E-state index in [1.54, 1.807) is 0 Å². The third-order valence-electron chi connectivity index (χ3n) is 3.99. The molecule has 1 amide bonds. The highest BCUT2D eigenvalue weighted by atomic mass is 35.5. The summed E-state index contributed by atoms with van der Waals surface area (Å²) in [5.41, 5.74) is 3.11. The first kappa shape index (κ1) is 17.1. The molecule has 1 fully saturated rings. The molecule has 0 aromatic carbocycles. The molecule has 20 heavy (non-hydrogen) atoms. The first-order valence-electron chi connectivity index (χ1n) is 7.13. The van der Waals surface area contributed by atoms with Gasteiger partial charge in [-0.05, 0) is 40.7 Å². The van der Waals surface area contributed by atoms with Crippen molar-refractivity contribution in [3.8, 4) is 0 Å². The van der Waals surface area contributed by atoms with Crippen molar-refractivity contribution in [1.29, 1.82) is 0 Å². The summed E-state index contributed by atoms with van der Waals surface area (Å²) in [4.78, 5) is 14.7. The van der Waals surface area contributed by atoms with Crippen LogP contribution in [0, 0.1) is 13.8 Å². The molecule has 1 atom stereocenters. The lowest BCUT2D eigenvalue weighted by Gasteiger charge is -2.34. The molecule has 1 saturated heterocycles. The second-order valence-electron chi connectivity index (χ2n) is 5.80. The van der Waals surface area contributed by atoms with Crippen LogP contribution < -0.4 is 5.32 Å². The van der Waals surface area contributed by atoms with Crippen LogP contribution in [0.25, 0.3) is 0 Å². The maximum absolute atomic E-state index is 12.7. The first-order chi connectivity index (χ1) is 8.93. The molecule has 1 aromatic rings. The van der Waals surface area contributed by atoms with Gasteiger partial charge >= 0.3 is 0 Å². The number of hydrogen-bond acceptors (Lipinski definition) is 2. The topological polar surface area (TPSA) is 37.3 Å². The molecule has 2 rings (SSSR count). The second kappa shape index (κ2) is 6.64. The van der Waals surface area contributed by atoms with Gasteiger partial charge in [0.05, 0.1) is 5.56 Å². The number of aromatic nitrogens is 1. The van der Waals surface area contributed by atoms with Gasteiger partial charge in [0.15, 0.2) is 0 Å². The summed E-state index contributed by atoms with van der Waals surface area (Å²) in [5, 5.41) is 3.32. The fourth-order valence-corrected chi connectivity index (χ4v) is 3.09. The van der Waals surface area contributed by atoms with E-state index in [1.807, 2.05) is 17.9 Å². The van der Waals surface area contributed by atoms with E-state index < -0.39 is 0 Å². The summed E-state index contributed by atoms with van der Waals surface area (Å²) >= 11 is 0. The Kier molecular flexibility index (Phi) is 5.66. The van der Waals surface area contributed by atoms with Crippen LogP contribution in [0.4, 0.5) is 0 Å². The van der Waals surface area contributed by atoms with Crippen LogP contribution in [0.1, 0.15) is 48.6 Å². The molecule has 1 aliphatic heterocycles. The van der Waals surface area contributed by atoms with E-state index in [4.69, 9.17) is 0 Å². The maximum atomic E-state index is 12.7. The summed E-state index contributed by atoms with van der Waals surface area (Å²) in [5.74, 6) is 0.175. The Labute approximate surface area is 127 Å². The summed E-state index contributed by atoms with van der Waals surface area (Å²) in [7, 11) is 0. The van der Waals surface area contributed by atoms with Crippen molar-refractivity contribution in [2.24, 2.45) is 0 Å². The summed E-state index contributed by atoms with van der Waals surface area (Å²) in [6, 6.07) is 2.69. The lowest BCUT2D eigenvalue weighted by atomic mass is 10.1. The van der Waals surface area contributed by atoms with Gasteiger partial charge in [-0.3, -0.25) is 4.79 Å². The number of nitrogens with zero attached hydrogens (tertiary/aromatic N) is 2. The third-order valence-corrected chi connectivity index (χ3v) is 3.99. The molecule has 5 heteroatoms. The van der Waals surface area contributed by atoms with Gasteiger partial charge in [-0.25, -0.2) is 0 Å². The van der Waals surface area contributed by atoms with Gasteiger partial charge in [0.1, 0.15) is 0 Å². The van der Waals surface area contributed by atoms with E-state index >= 15 is 0 Å². The Hall–Kier alpha value is -1.000. The van der Waals surface area contributed by atoms with Crippen molar-refractivity contribution in [2.75, 3.05) is 19.6 Å². The number of carbonyl (C=O) groups excluding carboxylic acids is 1. The molecule has 0 aliphatic carbocycles. The zero-order chi connectivity index (χ0) is 14.2. The number of nitrogens with one attached hydrogen (secondary N) is 1. The van der Waals surface area contributed by atoms with Crippen LogP contribution in [0.15, 0.2) is 6.07 Å². The van der Waals surface area contributed by atoms with E-state index in [-0.39, 0.29) is 24.4 Å². The Morgan fingerprint density at radius 1 is 1.40 bits per heavy atom. The van der Waals surface area contributed by atoms with Crippen molar-refractivity contribution in [3.63, 3.8) is 0 Å². The van der Waals surface area contributed by atoms with Crippen molar-refractivity contribution in [3.05, 3.63) is 23.0 Å². The zero-order valence-corrected chi connectivity index (χ0v) is 13.9. The molecule has 1 N–H and O–H groups in total. The highest BCUT2D eigenvalue weighted by Crippen LogP contribution is 2.22. The maximum Gasteiger partial charge on any atom is 0.256 e. The van der Waals surface area contributed by atoms with Gasteiger partial charge in [-0.1, -0.05) is 0 Å². The van der Waals surface area contributed by atoms with Gasteiger partial charge in [-0.15, -0.1) is 12.4 Å². The molecule has 0 spiro atoms. The quantitative estimate of drug-likeness (QED) is 0.911. The van der Waals surface area contributed by atoms with E-state index in [1.165, 1.54) is 5.69 Å². The second-order valence-corrected chi connectivity index (χ2v) is 5.80. The van der Waals surface area contributed by atoms with Gasteiger partial charge in [-0.2, -0.15) is 0 Å². The van der Waals surface area contributed by atoms with Gasteiger partial charge < -0.3 is 14.8 Å². The van der Waals surface area contributed by atoms with Gasteiger partial charge in [0.25, 0.3) is 5.91 Å². The molecule has 114 valence electrons. The average Bonchev–Trinajstić information content (AvgIpc) is 2.64. The number of rotatable bonds is 2. The Bertz CT molecular complexity index is 482. The van der Waals surface area contributed by atoms with Gasteiger partial charge in [0.2, 0.25) is 0 Å². The number of carbonyl (C=O) groups is 1. The molecular weight excluding hydrogens is 274 g/mol. The predicted octanol–water partition coefficient (Wildman–Crippen LogP) is 2.54. The van der Waals surface area contributed by atoms with Crippen molar-refractivity contribution >= 4 is 18.3 Å². The van der Waals surface area contributed by atoms with Crippen LogP contribution in [-0.2, 0) is 0 Å². The molecule has 4 nitrogen and oxygen atoms in total. The van der Waals surface area contributed by atoms with Gasteiger partial charge in [0, 0.05) is 43.1 Å². The minimum Gasteiger partial charge on any atom is -0.346 e. The fourth-order valence-electron chi connectivity index (χ4n) is 3.09. The average molecular weight is 300 g/mol. The lowest BCUT2D eigenvalue weighted by Crippen LogP contribution is -2.52. The van der Waals surface area contributed by atoms with Crippen LogP contribution >= 0.6 is 12.4 Å². The number of amides is 1. The lowest BCUT2D eigenvalue weighted by molar-refractivity contribution is 0.0655. The molecule has 1 aliphatic rings. The standard InChI is InChI=1S/C15H25N3O.ClH/c1-10(2)18-11(3)8-14(13(18)5)15(19)17-7-6-16-9-12(17)4;/h8,10,12,16H,6-7,9H2,1-5H3;1H/t12-;/m1./s1. The number of halogens is 1.